The van der Waals surface area contributed by atoms with Crippen molar-refractivity contribution in [3.05, 3.63) is 42.0 Å². The zero-order valence-corrected chi connectivity index (χ0v) is 16.3. The Morgan fingerprint density at radius 1 is 1.07 bits per heavy atom. The Bertz CT molecular complexity index is 1210. The monoisotopic (exact) mass is 384 g/mol. The number of anilines is 1. The van der Waals surface area contributed by atoms with Crippen molar-refractivity contribution in [2.45, 2.75) is 24.2 Å². The average Bonchev–Trinajstić information content (AvgIpc) is 3.10. The lowest BCUT2D eigenvalue weighted by Gasteiger charge is -2.14. The highest BCUT2D eigenvalue weighted by molar-refractivity contribution is 7.90. The summed E-state index contributed by atoms with van der Waals surface area (Å²) in [6.45, 7) is 3.81. The fourth-order valence-electron chi connectivity index (χ4n) is 3.47. The minimum atomic E-state index is -3.31. The predicted molar refractivity (Wildman–Crippen MR) is 105 cm³/mol. The lowest BCUT2D eigenvalue weighted by Crippen LogP contribution is -2.26. The molecule has 0 fully saturated rings. The zero-order chi connectivity index (χ0) is 19.6. The molecule has 1 amide bonds. The molecule has 0 unspecified atom stereocenters. The van der Waals surface area contributed by atoms with Gasteiger partial charge in [-0.05, 0) is 55.8 Å². The topological polar surface area (TPSA) is 88.3 Å². The van der Waals surface area contributed by atoms with E-state index in [9.17, 15) is 13.2 Å². The summed E-state index contributed by atoms with van der Waals surface area (Å²) in [4.78, 5) is 15.7. The fourth-order valence-corrected chi connectivity index (χ4v) is 4.11. The van der Waals surface area contributed by atoms with Gasteiger partial charge < -0.3 is 15.0 Å². The van der Waals surface area contributed by atoms with Crippen LogP contribution < -0.4 is 10.1 Å². The van der Waals surface area contributed by atoms with Gasteiger partial charge >= 0.3 is 0 Å². The van der Waals surface area contributed by atoms with Gasteiger partial charge in [0.05, 0.1) is 23.1 Å². The number of carbonyl (C=O) groups is 1. The summed E-state index contributed by atoms with van der Waals surface area (Å²) in [5.74, 6) is 0.467. The maximum absolute atomic E-state index is 12.2. The van der Waals surface area contributed by atoms with E-state index < -0.39 is 15.3 Å². The maximum atomic E-state index is 12.2. The van der Waals surface area contributed by atoms with E-state index in [1.807, 2.05) is 32.0 Å². The standard InChI is InChI=1S/C20H20N2O4S/c1-20(2)14-7-11-8-16(21-15(11)10-17(14)22-19(20)23)13-6-5-12(27(4,24)25)9-18(13)26-3/h5-10,21H,1-4H3,(H,22,23). The third-order valence-electron chi connectivity index (χ3n) is 5.14. The van der Waals surface area contributed by atoms with Crippen molar-refractivity contribution in [2.75, 3.05) is 18.7 Å². The Morgan fingerprint density at radius 2 is 1.81 bits per heavy atom. The van der Waals surface area contributed by atoms with Gasteiger partial charge in [0, 0.05) is 28.4 Å². The molecule has 3 aromatic rings. The minimum Gasteiger partial charge on any atom is -0.496 e. The largest absolute Gasteiger partial charge is 0.496 e. The molecular formula is C20H20N2O4S. The molecule has 0 radical (unpaired) electrons. The molecule has 0 aliphatic carbocycles. The number of aromatic amines is 1. The fraction of sp³-hybridized carbons (Fsp3) is 0.250. The first-order chi connectivity index (χ1) is 12.6. The number of nitrogens with one attached hydrogen (secondary N) is 2. The van der Waals surface area contributed by atoms with Gasteiger partial charge in [-0.1, -0.05) is 0 Å². The number of aromatic nitrogens is 1. The third kappa shape index (κ3) is 2.70. The van der Waals surface area contributed by atoms with Crippen LogP contribution in [0, 0.1) is 0 Å². The summed E-state index contributed by atoms with van der Waals surface area (Å²) in [6.07, 6.45) is 1.17. The Morgan fingerprint density at radius 3 is 2.48 bits per heavy atom. The van der Waals surface area contributed by atoms with Gasteiger partial charge in [0.1, 0.15) is 5.75 Å². The van der Waals surface area contributed by atoms with Crippen molar-refractivity contribution in [3.8, 4) is 17.0 Å². The van der Waals surface area contributed by atoms with Crippen LogP contribution in [0.4, 0.5) is 5.69 Å². The number of carbonyl (C=O) groups excluding carboxylic acids is 1. The van der Waals surface area contributed by atoms with Crippen molar-refractivity contribution in [1.82, 2.24) is 4.98 Å². The van der Waals surface area contributed by atoms with Crippen LogP contribution in [0.15, 0.2) is 41.3 Å². The lowest BCUT2D eigenvalue weighted by atomic mass is 9.86. The Balaban J connectivity index is 1.86. The molecule has 6 nitrogen and oxygen atoms in total. The van der Waals surface area contributed by atoms with Crippen molar-refractivity contribution < 1.29 is 17.9 Å². The van der Waals surface area contributed by atoms with E-state index >= 15 is 0 Å². The second-order valence-corrected chi connectivity index (χ2v) is 9.40. The van der Waals surface area contributed by atoms with Crippen LogP contribution in [0.25, 0.3) is 22.2 Å². The number of hydrogen-bond donors (Lipinski definition) is 2. The first kappa shape index (κ1) is 17.6. The SMILES string of the molecule is COc1cc(S(C)(=O)=O)ccc1-c1cc2cc3c(cc2[nH]1)NC(=O)C3(C)C. The normalized spacial score (nSPS) is 15.6. The van der Waals surface area contributed by atoms with Crippen LogP contribution in [0.2, 0.25) is 0 Å². The first-order valence-electron chi connectivity index (χ1n) is 8.48. The molecule has 2 heterocycles. The van der Waals surface area contributed by atoms with E-state index in [0.29, 0.717) is 5.75 Å². The summed E-state index contributed by atoms with van der Waals surface area (Å²) in [5.41, 5.74) is 3.67. The third-order valence-corrected chi connectivity index (χ3v) is 6.25. The number of hydrogen-bond acceptors (Lipinski definition) is 4. The smallest absolute Gasteiger partial charge is 0.234 e. The highest BCUT2D eigenvalue weighted by Crippen LogP contribution is 2.41. The number of amides is 1. The molecule has 4 rings (SSSR count). The van der Waals surface area contributed by atoms with Gasteiger partial charge in [0.2, 0.25) is 5.91 Å². The molecule has 27 heavy (non-hydrogen) atoms. The highest BCUT2D eigenvalue weighted by atomic mass is 32.2. The van der Waals surface area contributed by atoms with E-state index in [4.69, 9.17) is 4.74 Å². The molecule has 0 bridgehead atoms. The van der Waals surface area contributed by atoms with Crippen LogP contribution in [0.5, 0.6) is 5.75 Å². The predicted octanol–water partition coefficient (Wildman–Crippen LogP) is 3.48. The molecule has 0 saturated carbocycles. The molecule has 140 valence electrons. The first-order valence-corrected chi connectivity index (χ1v) is 10.4. The van der Waals surface area contributed by atoms with Gasteiger partial charge in [0.25, 0.3) is 0 Å². The van der Waals surface area contributed by atoms with Gasteiger partial charge in [-0.15, -0.1) is 0 Å². The number of rotatable bonds is 3. The summed E-state index contributed by atoms with van der Waals surface area (Å²) in [6, 6.07) is 10.8. The van der Waals surface area contributed by atoms with Crippen LogP contribution in [0.3, 0.4) is 0 Å². The molecule has 2 N–H and O–H groups in total. The number of ether oxygens (including phenoxy) is 1. The van der Waals surface area contributed by atoms with E-state index in [0.717, 1.165) is 33.4 Å². The summed E-state index contributed by atoms with van der Waals surface area (Å²) >= 11 is 0. The Kier molecular flexibility index (Phi) is 3.65. The number of fused-ring (bicyclic) bond motifs is 2. The minimum absolute atomic E-state index is 0.0107. The molecule has 1 aromatic heterocycles. The summed E-state index contributed by atoms with van der Waals surface area (Å²) < 4.78 is 29.0. The second-order valence-electron chi connectivity index (χ2n) is 7.38. The van der Waals surface area contributed by atoms with Gasteiger partial charge in [-0.25, -0.2) is 8.42 Å². The van der Waals surface area contributed by atoms with Crippen LogP contribution in [-0.2, 0) is 20.0 Å². The van der Waals surface area contributed by atoms with E-state index in [1.165, 1.54) is 19.4 Å². The van der Waals surface area contributed by atoms with Gasteiger partial charge in [-0.3, -0.25) is 4.79 Å². The van der Waals surface area contributed by atoms with E-state index in [-0.39, 0.29) is 10.8 Å². The molecule has 2 aromatic carbocycles. The van der Waals surface area contributed by atoms with Crippen LogP contribution in [-0.4, -0.2) is 32.7 Å². The lowest BCUT2D eigenvalue weighted by molar-refractivity contribution is -0.119. The molecule has 1 aliphatic heterocycles. The van der Waals surface area contributed by atoms with E-state index in [1.54, 1.807) is 12.1 Å². The number of sulfone groups is 1. The van der Waals surface area contributed by atoms with Crippen LogP contribution >= 0.6 is 0 Å². The maximum Gasteiger partial charge on any atom is 0.234 e. The van der Waals surface area contributed by atoms with Crippen molar-refractivity contribution in [1.29, 1.82) is 0 Å². The van der Waals surface area contributed by atoms with Crippen LogP contribution in [0.1, 0.15) is 19.4 Å². The Hall–Kier alpha value is -2.80. The molecular weight excluding hydrogens is 364 g/mol. The van der Waals surface area contributed by atoms with Crippen molar-refractivity contribution in [3.63, 3.8) is 0 Å². The molecule has 7 heteroatoms. The number of methoxy groups -OCH3 is 1. The van der Waals surface area contributed by atoms with E-state index in [2.05, 4.69) is 10.3 Å². The second kappa shape index (κ2) is 5.60. The van der Waals surface area contributed by atoms with Crippen molar-refractivity contribution in [2.24, 2.45) is 0 Å². The summed E-state index contributed by atoms with van der Waals surface area (Å²) in [5, 5.41) is 3.90. The average molecular weight is 384 g/mol. The van der Waals surface area contributed by atoms with Gasteiger partial charge in [-0.2, -0.15) is 0 Å². The molecule has 1 aliphatic rings. The van der Waals surface area contributed by atoms with Gasteiger partial charge in [0.15, 0.2) is 9.84 Å². The molecule has 0 atom stereocenters. The molecule has 0 saturated heterocycles. The quantitative estimate of drug-likeness (QED) is 0.724. The van der Waals surface area contributed by atoms with Crippen molar-refractivity contribution >= 4 is 32.3 Å². The molecule has 0 spiro atoms. The highest BCUT2D eigenvalue weighted by Gasteiger charge is 2.38. The summed E-state index contributed by atoms with van der Waals surface area (Å²) in [7, 11) is -1.80. The zero-order valence-electron chi connectivity index (χ0n) is 15.5. The number of H-pyrrole nitrogens is 1. The Labute approximate surface area is 157 Å². The number of benzene rings is 2.